The Morgan fingerprint density at radius 2 is 1.62 bits per heavy atom. The third kappa shape index (κ3) is 10.1. The van der Waals surface area contributed by atoms with E-state index in [0.717, 1.165) is 6.26 Å². The molecule has 0 saturated heterocycles. The van der Waals surface area contributed by atoms with E-state index in [1.54, 1.807) is 6.92 Å². The van der Waals surface area contributed by atoms with E-state index in [2.05, 4.69) is 5.32 Å². The van der Waals surface area contributed by atoms with Gasteiger partial charge in [-0.3, -0.25) is 9.11 Å². The first-order valence-corrected chi connectivity index (χ1v) is 9.71. The highest BCUT2D eigenvalue weighted by molar-refractivity contribution is 7.90. The Morgan fingerprint density at radius 3 is 1.96 bits per heavy atom. The molecule has 0 fully saturated rings. The molecule has 1 rings (SSSR count). The lowest BCUT2D eigenvalue weighted by Gasteiger charge is -2.16. The van der Waals surface area contributed by atoms with Crippen molar-refractivity contribution < 1.29 is 40.6 Å². The Morgan fingerprint density at radius 1 is 1.17 bits per heavy atom. The van der Waals surface area contributed by atoms with E-state index in [-0.39, 0.29) is 11.5 Å². The predicted octanol–water partition coefficient (Wildman–Crippen LogP) is -0.227. The van der Waals surface area contributed by atoms with E-state index < -0.39 is 38.9 Å². The quantitative estimate of drug-likeness (QED) is 0.379. The molecule has 0 spiro atoms. The minimum Gasteiger partial charge on any atom is -0.464 e. The van der Waals surface area contributed by atoms with Gasteiger partial charge in [0, 0.05) is 11.9 Å². The van der Waals surface area contributed by atoms with Crippen molar-refractivity contribution in [3.63, 3.8) is 0 Å². The molecular formula is C12H19NO9S2. The number of carbonyl (C=O) groups is 1. The fourth-order valence-corrected chi connectivity index (χ4v) is 2.05. The number of hydrogen-bond acceptors (Lipinski definition) is 8. The number of ether oxygens (including phenoxy) is 1. The standard InChI is InChI=1S/C12H17NO5S.H2O4S/c1-3-18-12(15)11(8-14)13-9-4-6-10(7-5-9)19(2,16)17;1-5(2,3)4/h4-7,11,13-14H,3,8H2,1-2H3;(H2,1,2,3,4). The first-order chi connectivity index (χ1) is 10.9. The lowest BCUT2D eigenvalue weighted by molar-refractivity contribution is -0.144. The van der Waals surface area contributed by atoms with E-state index >= 15 is 0 Å². The van der Waals surface area contributed by atoms with Crippen LogP contribution in [0.1, 0.15) is 6.92 Å². The zero-order chi connectivity index (χ0) is 19.0. The molecule has 0 aromatic heterocycles. The monoisotopic (exact) mass is 385 g/mol. The summed E-state index contributed by atoms with van der Waals surface area (Å²) in [5.41, 5.74) is 0.527. The fraction of sp³-hybridized carbons (Fsp3) is 0.417. The Bertz CT molecular complexity index is 718. The van der Waals surface area contributed by atoms with Crippen molar-refractivity contribution in [3.8, 4) is 0 Å². The van der Waals surface area contributed by atoms with Crippen LogP contribution in [-0.4, -0.2) is 62.5 Å². The highest BCUT2D eigenvalue weighted by Crippen LogP contribution is 2.14. The Labute approximate surface area is 140 Å². The molecule has 10 nitrogen and oxygen atoms in total. The molecule has 138 valence electrons. The van der Waals surface area contributed by atoms with E-state index in [4.69, 9.17) is 27.4 Å². The molecular weight excluding hydrogens is 366 g/mol. The Balaban J connectivity index is 0.000000922. The summed E-state index contributed by atoms with van der Waals surface area (Å²) in [6, 6.07) is 5.04. The SMILES string of the molecule is CCOC(=O)C(CO)Nc1ccc(S(C)(=O)=O)cc1.O=S(=O)(O)O. The van der Waals surface area contributed by atoms with E-state index in [9.17, 15) is 13.2 Å². The minimum atomic E-state index is -4.67. The van der Waals surface area contributed by atoms with Gasteiger partial charge in [0.25, 0.3) is 0 Å². The van der Waals surface area contributed by atoms with Gasteiger partial charge in [-0.2, -0.15) is 8.42 Å². The molecule has 0 aliphatic rings. The summed E-state index contributed by atoms with van der Waals surface area (Å²) in [6.07, 6.45) is 1.12. The second kappa shape index (κ2) is 9.54. The maximum Gasteiger partial charge on any atom is 0.394 e. The maximum absolute atomic E-state index is 11.5. The Kier molecular flexibility index (Phi) is 8.85. The van der Waals surface area contributed by atoms with Crippen LogP contribution in [0, 0.1) is 0 Å². The molecule has 0 radical (unpaired) electrons. The van der Waals surface area contributed by atoms with Crippen molar-refractivity contribution in [1.29, 1.82) is 0 Å². The number of sulfone groups is 1. The normalized spacial score (nSPS) is 12.5. The number of aliphatic hydroxyl groups is 1. The summed E-state index contributed by atoms with van der Waals surface area (Å²) >= 11 is 0. The zero-order valence-corrected chi connectivity index (χ0v) is 14.5. The largest absolute Gasteiger partial charge is 0.464 e. The minimum absolute atomic E-state index is 0.190. The van der Waals surface area contributed by atoms with Crippen molar-refractivity contribution in [3.05, 3.63) is 24.3 Å². The van der Waals surface area contributed by atoms with Gasteiger partial charge in [0.15, 0.2) is 9.84 Å². The van der Waals surface area contributed by atoms with Crippen LogP contribution in [-0.2, 0) is 29.8 Å². The van der Waals surface area contributed by atoms with Gasteiger partial charge in [-0.05, 0) is 31.2 Å². The molecule has 0 saturated carbocycles. The Hall–Kier alpha value is -1.73. The first-order valence-electron chi connectivity index (χ1n) is 6.42. The van der Waals surface area contributed by atoms with Crippen molar-refractivity contribution in [2.75, 3.05) is 24.8 Å². The van der Waals surface area contributed by atoms with Gasteiger partial charge in [0.1, 0.15) is 6.04 Å². The topological polar surface area (TPSA) is 167 Å². The number of aliphatic hydroxyl groups excluding tert-OH is 1. The lowest BCUT2D eigenvalue weighted by atomic mass is 10.2. The van der Waals surface area contributed by atoms with Crippen LogP contribution in [0.15, 0.2) is 29.2 Å². The molecule has 1 unspecified atom stereocenters. The molecule has 0 bridgehead atoms. The van der Waals surface area contributed by atoms with Crippen LogP contribution in [0.25, 0.3) is 0 Å². The molecule has 1 aromatic rings. The summed E-state index contributed by atoms with van der Waals surface area (Å²) in [5.74, 6) is -0.558. The molecule has 0 amide bonds. The van der Waals surface area contributed by atoms with Crippen LogP contribution >= 0.6 is 0 Å². The van der Waals surface area contributed by atoms with E-state index in [0.29, 0.717) is 5.69 Å². The third-order valence-corrected chi connectivity index (χ3v) is 3.51. The summed E-state index contributed by atoms with van der Waals surface area (Å²) in [4.78, 5) is 11.7. The molecule has 24 heavy (non-hydrogen) atoms. The average Bonchev–Trinajstić information content (AvgIpc) is 2.42. The van der Waals surface area contributed by atoms with Gasteiger partial charge in [-0.15, -0.1) is 0 Å². The second-order valence-electron chi connectivity index (χ2n) is 4.38. The number of carbonyl (C=O) groups excluding carboxylic acids is 1. The van der Waals surface area contributed by atoms with Gasteiger partial charge < -0.3 is 15.2 Å². The molecule has 4 N–H and O–H groups in total. The van der Waals surface area contributed by atoms with Gasteiger partial charge in [-0.25, -0.2) is 13.2 Å². The molecule has 0 aliphatic heterocycles. The first kappa shape index (κ1) is 22.3. The number of rotatable bonds is 6. The van der Waals surface area contributed by atoms with Gasteiger partial charge >= 0.3 is 16.4 Å². The lowest BCUT2D eigenvalue weighted by Crippen LogP contribution is -2.34. The zero-order valence-electron chi connectivity index (χ0n) is 12.9. The fourth-order valence-electron chi connectivity index (χ4n) is 1.42. The van der Waals surface area contributed by atoms with Gasteiger partial charge in [0.2, 0.25) is 0 Å². The van der Waals surface area contributed by atoms with Crippen LogP contribution in [0.5, 0.6) is 0 Å². The second-order valence-corrected chi connectivity index (χ2v) is 7.29. The van der Waals surface area contributed by atoms with Gasteiger partial charge in [0.05, 0.1) is 18.1 Å². The number of anilines is 1. The molecule has 0 aliphatic carbocycles. The molecule has 12 heteroatoms. The highest BCUT2D eigenvalue weighted by Gasteiger charge is 2.18. The number of nitrogens with one attached hydrogen (secondary N) is 1. The molecule has 1 aromatic carbocycles. The third-order valence-electron chi connectivity index (χ3n) is 2.38. The summed E-state index contributed by atoms with van der Waals surface area (Å²) in [7, 11) is -7.91. The molecule has 1 atom stereocenters. The van der Waals surface area contributed by atoms with Crippen LogP contribution in [0.2, 0.25) is 0 Å². The predicted molar refractivity (Wildman–Crippen MR) is 84.9 cm³/mol. The van der Waals surface area contributed by atoms with Crippen molar-refractivity contribution in [1.82, 2.24) is 0 Å². The summed E-state index contributed by atoms with van der Waals surface area (Å²) in [6.45, 7) is 1.49. The summed E-state index contributed by atoms with van der Waals surface area (Å²) in [5, 5.41) is 11.9. The molecule has 0 heterocycles. The highest BCUT2D eigenvalue weighted by atomic mass is 32.3. The van der Waals surface area contributed by atoms with Crippen molar-refractivity contribution in [2.24, 2.45) is 0 Å². The van der Waals surface area contributed by atoms with Crippen LogP contribution in [0.4, 0.5) is 5.69 Å². The number of benzene rings is 1. The maximum atomic E-state index is 11.5. The van der Waals surface area contributed by atoms with E-state index in [1.807, 2.05) is 0 Å². The van der Waals surface area contributed by atoms with Crippen molar-refractivity contribution in [2.45, 2.75) is 17.9 Å². The number of hydrogen-bond donors (Lipinski definition) is 4. The van der Waals surface area contributed by atoms with Crippen LogP contribution in [0.3, 0.4) is 0 Å². The smallest absolute Gasteiger partial charge is 0.394 e. The van der Waals surface area contributed by atoms with Crippen LogP contribution < -0.4 is 5.32 Å². The van der Waals surface area contributed by atoms with E-state index in [1.165, 1.54) is 24.3 Å². The average molecular weight is 385 g/mol. The van der Waals surface area contributed by atoms with Gasteiger partial charge in [-0.1, -0.05) is 0 Å². The number of esters is 1. The summed E-state index contributed by atoms with van der Waals surface area (Å²) < 4.78 is 58.9. The van der Waals surface area contributed by atoms with Crippen molar-refractivity contribution >= 4 is 31.9 Å².